The Hall–Kier alpha value is -0.0800. The lowest BCUT2D eigenvalue weighted by atomic mass is 9.91. The monoisotopic (exact) mass is 168 g/mol. The maximum Gasteiger partial charge on any atom is 0.0196 e. The number of likely N-dealkylation sites (N-methyl/N-ethyl adjacent to an activating group) is 1. The van der Waals surface area contributed by atoms with Gasteiger partial charge < -0.3 is 10.6 Å². The van der Waals surface area contributed by atoms with Crippen molar-refractivity contribution in [2.24, 2.45) is 11.7 Å². The van der Waals surface area contributed by atoms with Crippen molar-refractivity contribution in [3.8, 4) is 0 Å². The van der Waals surface area contributed by atoms with E-state index < -0.39 is 0 Å². The molecule has 70 valence electrons. The van der Waals surface area contributed by atoms with Crippen LogP contribution < -0.4 is 5.73 Å². The van der Waals surface area contributed by atoms with Crippen LogP contribution in [0.2, 0.25) is 0 Å². The molecular formula is C10H20N2. The standard InChI is InChI=1S/C10H20N2/c1-12(9-3-2-4-9)7-10(11)8-5-6-8/h8-10H,2-7,11H2,1H3. The van der Waals surface area contributed by atoms with Crippen molar-refractivity contribution in [2.75, 3.05) is 13.6 Å². The molecule has 0 aliphatic heterocycles. The quantitative estimate of drug-likeness (QED) is 0.683. The van der Waals surface area contributed by atoms with Crippen LogP contribution in [0.25, 0.3) is 0 Å². The van der Waals surface area contributed by atoms with Crippen LogP contribution in [0.15, 0.2) is 0 Å². The Labute approximate surface area is 75.1 Å². The van der Waals surface area contributed by atoms with E-state index >= 15 is 0 Å². The Balaban J connectivity index is 1.69. The molecule has 2 fully saturated rings. The van der Waals surface area contributed by atoms with Crippen LogP contribution in [-0.2, 0) is 0 Å². The van der Waals surface area contributed by atoms with Gasteiger partial charge in [0.15, 0.2) is 0 Å². The minimum Gasteiger partial charge on any atom is -0.326 e. The third-order valence-corrected chi connectivity index (χ3v) is 3.42. The Morgan fingerprint density at radius 3 is 2.42 bits per heavy atom. The molecule has 0 bridgehead atoms. The molecule has 1 unspecified atom stereocenters. The minimum atomic E-state index is 0.454. The van der Waals surface area contributed by atoms with Gasteiger partial charge in [-0.25, -0.2) is 0 Å². The van der Waals surface area contributed by atoms with Gasteiger partial charge in [-0.2, -0.15) is 0 Å². The number of hydrogen-bond acceptors (Lipinski definition) is 2. The summed E-state index contributed by atoms with van der Waals surface area (Å²) in [4.78, 5) is 2.46. The zero-order valence-electron chi connectivity index (χ0n) is 8.00. The fraction of sp³-hybridized carbons (Fsp3) is 1.00. The molecule has 0 heterocycles. The maximum atomic E-state index is 6.05. The molecule has 0 aromatic carbocycles. The normalized spacial score (nSPS) is 27.2. The summed E-state index contributed by atoms with van der Waals surface area (Å²) >= 11 is 0. The summed E-state index contributed by atoms with van der Waals surface area (Å²) in [5, 5.41) is 0. The second-order valence-electron chi connectivity index (χ2n) is 4.53. The van der Waals surface area contributed by atoms with Crippen molar-refractivity contribution in [1.29, 1.82) is 0 Å². The largest absolute Gasteiger partial charge is 0.326 e. The van der Waals surface area contributed by atoms with Gasteiger partial charge in [-0.15, -0.1) is 0 Å². The molecule has 2 heteroatoms. The van der Waals surface area contributed by atoms with Gasteiger partial charge in [0.05, 0.1) is 0 Å². The lowest BCUT2D eigenvalue weighted by Crippen LogP contribution is -2.44. The number of rotatable bonds is 4. The second-order valence-corrected chi connectivity index (χ2v) is 4.53. The third kappa shape index (κ3) is 1.80. The molecule has 0 amide bonds. The first-order valence-corrected chi connectivity index (χ1v) is 5.23. The van der Waals surface area contributed by atoms with Crippen LogP contribution in [0.3, 0.4) is 0 Å². The van der Waals surface area contributed by atoms with Crippen molar-refractivity contribution in [1.82, 2.24) is 4.90 Å². The fourth-order valence-electron chi connectivity index (χ4n) is 1.98. The minimum absolute atomic E-state index is 0.454. The first kappa shape index (κ1) is 8.52. The van der Waals surface area contributed by atoms with Gasteiger partial charge in [-0.05, 0) is 38.6 Å². The SMILES string of the molecule is CN(CC(N)C1CC1)C1CCC1. The van der Waals surface area contributed by atoms with E-state index in [0.29, 0.717) is 6.04 Å². The molecule has 0 saturated heterocycles. The molecule has 2 aliphatic carbocycles. The van der Waals surface area contributed by atoms with Crippen molar-refractivity contribution in [3.63, 3.8) is 0 Å². The average molecular weight is 168 g/mol. The van der Waals surface area contributed by atoms with Crippen molar-refractivity contribution < 1.29 is 0 Å². The Bertz CT molecular complexity index is 150. The van der Waals surface area contributed by atoms with E-state index in [4.69, 9.17) is 5.73 Å². The molecule has 0 aromatic rings. The zero-order chi connectivity index (χ0) is 8.55. The first-order valence-electron chi connectivity index (χ1n) is 5.23. The Morgan fingerprint density at radius 2 is 2.00 bits per heavy atom. The summed E-state index contributed by atoms with van der Waals surface area (Å²) in [7, 11) is 2.23. The van der Waals surface area contributed by atoms with Crippen molar-refractivity contribution in [2.45, 2.75) is 44.2 Å². The van der Waals surface area contributed by atoms with Crippen LogP contribution in [0.1, 0.15) is 32.1 Å². The van der Waals surface area contributed by atoms with E-state index in [1.54, 1.807) is 0 Å². The van der Waals surface area contributed by atoms with Crippen LogP contribution in [-0.4, -0.2) is 30.6 Å². The number of hydrogen-bond donors (Lipinski definition) is 1. The van der Waals surface area contributed by atoms with Gasteiger partial charge in [0, 0.05) is 18.6 Å². The predicted octanol–water partition coefficient (Wildman–Crippen LogP) is 1.21. The highest BCUT2D eigenvalue weighted by molar-refractivity contribution is 4.88. The van der Waals surface area contributed by atoms with E-state index in [-0.39, 0.29) is 0 Å². The highest BCUT2D eigenvalue weighted by atomic mass is 15.1. The van der Waals surface area contributed by atoms with Gasteiger partial charge in [-0.3, -0.25) is 0 Å². The van der Waals surface area contributed by atoms with Crippen molar-refractivity contribution >= 4 is 0 Å². The van der Waals surface area contributed by atoms with Crippen LogP contribution >= 0.6 is 0 Å². The summed E-state index contributed by atoms with van der Waals surface area (Å²) in [6.07, 6.45) is 6.97. The molecule has 2 aliphatic rings. The van der Waals surface area contributed by atoms with Crippen molar-refractivity contribution in [3.05, 3.63) is 0 Å². The lowest BCUT2D eigenvalue weighted by molar-refractivity contribution is 0.148. The maximum absolute atomic E-state index is 6.05. The molecule has 2 N–H and O–H groups in total. The van der Waals surface area contributed by atoms with E-state index in [2.05, 4.69) is 11.9 Å². The summed E-state index contributed by atoms with van der Waals surface area (Å²) in [5.74, 6) is 0.854. The Kier molecular flexibility index (Phi) is 2.37. The molecule has 0 aromatic heterocycles. The smallest absolute Gasteiger partial charge is 0.0196 e. The molecule has 12 heavy (non-hydrogen) atoms. The molecular weight excluding hydrogens is 148 g/mol. The fourth-order valence-corrected chi connectivity index (χ4v) is 1.98. The Morgan fingerprint density at radius 1 is 1.33 bits per heavy atom. The first-order chi connectivity index (χ1) is 5.77. The zero-order valence-corrected chi connectivity index (χ0v) is 8.00. The molecule has 0 radical (unpaired) electrons. The van der Waals surface area contributed by atoms with Crippen LogP contribution in [0, 0.1) is 5.92 Å². The number of nitrogens with two attached hydrogens (primary N) is 1. The van der Waals surface area contributed by atoms with Gasteiger partial charge in [0.2, 0.25) is 0 Å². The molecule has 2 rings (SSSR count). The molecule has 1 atom stereocenters. The van der Waals surface area contributed by atoms with Crippen LogP contribution in [0.4, 0.5) is 0 Å². The summed E-state index contributed by atoms with van der Waals surface area (Å²) in [6.45, 7) is 1.12. The van der Waals surface area contributed by atoms with E-state index in [1.165, 1.54) is 32.1 Å². The van der Waals surface area contributed by atoms with Gasteiger partial charge in [0.1, 0.15) is 0 Å². The summed E-state index contributed by atoms with van der Waals surface area (Å²) < 4.78 is 0. The lowest BCUT2D eigenvalue weighted by Gasteiger charge is -2.36. The van der Waals surface area contributed by atoms with Gasteiger partial charge in [0.25, 0.3) is 0 Å². The van der Waals surface area contributed by atoms with E-state index in [0.717, 1.165) is 18.5 Å². The molecule has 0 spiro atoms. The highest BCUT2D eigenvalue weighted by Gasteiger charge is 2.31. The third-order valence-electron chi connectivity index (χ3n) is 3.42. The second kappa shape index (κ2) is 3.35. The molecule has 2 nitrogen and oxygen atoms in total. The van der Waals surface area contributed by atoms with Gasteiger partial charge in [-0.1, -0.05) is 6.42 Å². The summed E-state index contributed by atoms with van der Waals surface area (Å²) in [5.41, 5.74) is 6.05. The topological polar surface area (TPSA) is 29.3 Å². The highest BCUT2D eigenvalue weighted by Crippen LogP contribution is 2.32. The summed E-state index contributed by atoms with van der Waals surface area (Å²) in [6, 6.07) is 1.31. The predicted molar refractivity (Wildman–Crippen MR) is 51.0 cm³/mol. The van der Waals surface area contributed by atoms with E-state index in [9.17, 15) is 0 Å². The van der Waals surface area contributed by atoms with Crippen LogP contribution in [0.5, 0.6) is 0 Å². The number of nitrogens with zero attached hydrogens (tertiary/aromatic N) is 1. The molecule has 2 saturated carbocycles. The van der Waals surface area contributed by atoms with Gasteiger partial charge >= 0.3 is 0 Å². The van der Waals surface area contributed by atoms with E-state index in [1.807, 2.05) is 0 Å². The average Bonchev–Trinajstić information content (AvgIpc) is 2.61.